The zero-order valence-corrected chi connectivity index (χ0v) is 11.4. The second kappa shape index (κ2) is 7.85. The third-order valence-electron chi connectivity index (χ3n) is 2.77. The van der Waals surface area contributed by atoms with E-state index in [9.17, 15) is 9.59 Å². The van der Waals surface area contributed by atoms with Crippen LogP contribution in [0, 0.1) is 12.3 Å². The number of hydrogen-bond acceptors (Lipinski definition) is 2. The fraction of sp³-hybridized carbons (Fsp3) is 0.333. The van der Waals surface area contributed by atoms with Gasteiger partial charge in [0.15, 0.2) is 0 Å². The van der Waals surface area contributed by atoms with Gasteiger partial charge in [0, 0.05) is 6.54 Å². The van der Waals surface area contributed by atoms with Gasteiger partial charge in [0.25, 0.3) is 0 Å². The number of benzene rings is 1. The number of carbonyl (C=O) groups excluding carboxylic acids is 1. The molecule has 0 saturated carbocycles. The van der Waals surface area contributed by atoms with E-state index < -0.39 is 18.5 Å². The first kappa shape index (κ1) is 15.6. The molecule has 20 heavy (non-hydrogen) atoms. The smallest absolute Gasteiger partial charge is 0.323 e. The van der Waals surface area contributed by atoms with Gasteiger partial charge in [0.2, 0.25) is 0 Å². The van der Waals surface area contributed by atoms with Crippen LogP contribution < -0.4 is 5.32 Å². The van der Waals surface area contributed by atoms with Gasteiger partial charge in [-0.25, -0.2) is 4.79 Å². The summed E-state index contributed by atoms with van der Waals surface area (Å²) in [6.07, 6.45) is 6.08. The number of carboxylic acids is 1. The van der Waals surface area contributed by atoms with Gasteiger partial charge in [-0.2, -0.15) is 0 Å². The molecule has 0 spiro atoms. The normalized spacial score (nSPS) is 9.60. The SMILES string of the molecule is C#CCN(CC(=O)O)C(=O)NCc1ccc(CC)cc1. The van der Waals surface area contributed by atoms with Crippen molar-refractivity contribution in [2.45, 2.75) is 19.9 Å². The lowest BCUT2D eigenvalue weighted by molar-refractivity contribution is -0.137. The maximum absolute atomic E-state index is 11.8. The first-order valence-electron chi connectivity index (χ1n) is 6.32. The fourth-order valence-electron chi connectivity index (χ4n) is 1.66. The molecular weight excluding hydrogens is 256 g/mol. The summed E-state index contributed by atoms with van der Waals surface area (Å²) in [7, 11) is 0. The van der Waals surface area contributed by atoms with E-state index in [2.05, 4.69) is 18.2 Å². The van der Waals surface area contributed by atoms with Crippen LogP contribution in [-0.2, 0) is 17.8 Å². The highest BCUT2D eigenvalue weighted by molar-refractivity contribution is 5.80. The van der Waals surface area contributed by atoms with Crippen molar-refractivity contribution in [1.82, 2.24) is 10.2 Å². The number of aryl methyl sites for hydroxylation is 1. The number of amides is 2. The fourth-order valence-corrected chi connectivity index (χ4v) is 1.66. The lowest BCUT2D eigenvalue weighted by atomic mass is 10.1. The third kappa shape index (κ3) is 5.02. The second-order valence-electron chi connectivity index (χ2n) is 4.28. The van der Waals surface area contributed by atoms with E-state index in [1.807, 2.05) is 24.3 Å². The Morgan fingerprint density at radius 2 is 1.90 bits per heavy atom. The first-order chi connectivity index (χ1) is 9.56. The molecule has 0 unspecified atom stereocenters. The van der Waals surface area contributed by atoms with Gasteiger partial charge in [-0.3, -0.25) is 4.79 Å². The van der Waals surface area contributed by atoms with Crippen molar-refractivity contribution in [2.24, 2.45) is 0 Å². The van der Waals surface area contributed by atoms with Crippen LogP contribution in [-0.4, -0.2) is 35.1 Å². The molecule has 0 aliphatic carbocycles. The Labute approximate surface area is 118 Å². The van der Waals surface area contributed by atoms with Crippen LogP contribution in [0.5, 0.6) is 0 Å². The van der Waals surface area contributed by atoms with Crippen molar-refractivity contribution in [3.05, 3.63) is 35.4 Å². The average Bonchev–Trinajstić information content (AvgIpc) is 2.44. The largest absolute Gasteiger partial charge is 0.480 e. The zero-order chi connectivity index (χ0) is 15.0. The Morgan fingerprint density at radius 3 is 2.40 bits per heavy atom. The summed E-state index contributed by atoms with van der Waals surface area (Å²) in [5.74, 6) is 1.17. The molecule has 1 rings (SSSR count). The number of rotatable bonds is 6. The van der Waals surface area contributed by atoms with Crippen LogP contribution in [0.2, 0.25) is 0 Å². The predicted octanol–water partition coefficient (Wildman–Crippen LogP) is 1.48. The number of nitrogens with zero attached hydrogens (tertiary/aromatic N) is 1. The summed E-state index contributed by atoms with van der Waals surface area (Å²) in [5.41, 5.74) is 2.17. The molecule has 0 aliphatic rings. The lowest BCUT2D eigenvalue weighted by Gasteiger charge is -2.18. The van der Waals surface area contributed by atoms with Crippen molar-refractivity contribution in [1.29, 1.82) is 0 Å². The van der Waals surface area contributed by atoms with Crippen molar-refractivity contribution in [3.63, 3.8) is 0 Å². The zero-order valence-electron chi connectivity index (χ0n) is 11.4. The molecule has 0 bridgehead atoms. The molecule has 0 heterocycles. The van der Waals surface area contributed by atoms with E-state index >= 15 is 0 Å². The summed E-state index contributed by atoms with van der Waals surface area (Å²) in [6, 6.07) is 7.38. The van der Waals surface area contributed by atoms with Gasteiger partial charge in [0.05, 0.1) is 6.54 Å². The molecular formula is C15H18N2O3. The number of hydrogen-bond donors (Lipinski definition) is 2. The van der Waals surface area contributed by atoms with Crippen molar-refractivity contribution >= 4 is 12.0 Å². The molecule has 0 saturated heterocycles. The standard InChI is InChI=1S/C15H18N2O3/c1-3-9-17(11-14(18)19)15(20)16-10-13-7-5-12(4-2)6-8-13/h1,5-8H,4,9-11H2,2H3,(H,16,20)(H,18,19). The van der Waals surface area contributed by atoms with E-state index in [1.165, 1.54) is 5.56 Å². The minimum absolute atomic E-state index is 0.0348. The molecule has 5 nitrogen and oxygen atoms in total. The molecule has 106 valence electrons. The minimum Gasteiger partial charge on any atom is -0.480 e. The van der Waals surface area contributed by atoms with Gasteiger partial charge in [0.1, 0.15) is 6.54 Å². The number of aliphatic carboxylic acids is 1. The van der Waals surface area contributed by atoms with Crippen molar-refractivity contribution in [3.8, 4) is 12.3 Å². The van der Waals surface area contributed by atoms with E-state index in [0.29, 0.717) is 6.54 Å². The van der Waals surface area contributed by atoms with E-state index in [1.54, 1.807) is 0 Å². The van der Waals surface area contributed by atoms with Gasteiger partial charge in [-0.15, -0.1) is 6.42 Å². The summed E-state index contributed by atoms with van der Waals surface area (Å²) >= 11 is 0. The van der Waals surface area contributed by atoms with Gasteiger partial charge in [-0.05, 0) is 17.5 Å². The molecule has 2 amide bonds. The molecule has 0 aromatic heterocycles. The molecule has 1 aromatic rings. The average molecular weight is 274 g/mol. The highest BCUT2D eigenvalue weighted by Gasteiger charge is 2.15. The van der Waals surface area contributed by atoms with Gasteiger partial charge >= 0.3 is 12.0 Å². The van der Waals surface area contributed by atoms with Crippen molar-refractivity contribution < 1.29 is 14.7 Å². The Balaban J connectivity index is 2.55. The molecule has 0 fully saturated rings. The second-order valence-corrected chi connectivity index (χ2v) is 4.28. The quantitative estimate of drug-likeness (QED) is 0.772. The van der Waals surface area contributed by atoms with Gasteiger partial charge < -0.3 is 15.3 Å². The summed E-state index contributed by atoms with van der Waals surface area (Å²) in [6.45, 7) is 1.96. The van der Waals surface area contributed by atoms with Crippen LogP contribution >= 0.6 is 0 Å². The molecule has 2 N–H and O–H groups in total. The maximum atomic E-state index is 11.8. The lowest BCUT2D eigenvalue weighted by Crippen LogP contribution is -2.42. The van der Waals surface area contributed by atoms with Crippen LogP contribution in [0.1, 0.15) is 18.1 Å². The highest BCUT2D eigenvalue weighted by Crippen LogP contribution is 2.05. The summed E-state index contributed by atoms with van der Waals surface area (Å²) in [5, 5.41) is 11.4. The Morgan fingerprint density at radius 1 is 1.30 bits per heavy atom. The number of carbonyl (C=O) groups is 2. The molecule has 0 radical (unpaired) electrons. The number of carboxylic acid groups (broad SMARTS) is 1. The van der Waals surface area contributed by atoms with Crippen LogP contribution in [0.3, 0.4) is 0 Å². The predicted molar refractivity (Wildman–Crippen MR) is 76.1 cm³/mol. The Kier molecular flexibility index (Phi) is 6.11. The monoisotopic (exact) mass is 274 g/mol. The number of terminal acetylenes is 1. The first-order valence-corrected chi connectivity index (χ1v) is 6.32. The highest BCUT2D eigenvalue weighted by atomic mass is 16.4. The van der Waals surface area contributed by atoms with Crippen molar-refractivity contribution in [2.75, 3.05) is 13.1 Å². The Bertz CT molecular complexity index is 503. The Hall–Kier alpha value is -2.48. The third-order valence-corrected chi connectivity index (χ3v) is 2.77. The van der Waals surface area contributed by atoms with Crippen LogP contribution in [0.15, 0.2) is 24.3 Å². The van der Waals surface area contributed by atoms with E-state index in [4.69, 9.17) is 11.5 Å². The molecule has 1 aromatic carbocycles. The maximum Gasteiger partial charge on any atom is 0.323 e. The molecule has 5 heteroatoms. The summed E-state index contributed by atoms with van der Waals surface area (Å²) < 4.78 is 0. The van der Waals surface area contributed by atoms with Crippen LogP contribution in [0.4, 0.5) is 4.79 Å². The number of nitrogens with one attached hydrogen (secondary N) is 1. The van der Waals surface area contributed by atoms with E-state index in [-0.39, 0.29) is 6.54 Å². The minimum atomic E-state index is -1.09. The summed E-state index contributed by atoms with van der Waals surface area (Å²) in [4.78, 5) is 23.5. The number of urea groups is 1. The molecule has 0 atom stereocenters. The van der Waals surface area contributed by atoms with Gasteiger partial charge in [-0.1, -0.05) is 37.1 Å². The van der Waals surface area contributed by atoms with Crippen LogP contribution in [0.25, 0.3) is 0 Å². The van der Waals surface area contributed by atoms with E-state index in [0.717, 1.165) is 16.9 Å². The molecule has 0 aliphatic heterocycles. The topological polar surface area (TPSA) is 69.6 Å².